The maximum Gasteiger partial charge on any atom is 4.00 e. The second-order valence-electron chi connectivity index (χ2n) is 13.5. The van der Waals surface area contributed by atoms with Crippen LogP contribution in [0.25, 0.3) is 32.9 Å². The maximum atomic E-state index is 8.88. The molecule has 0 fully saturated rings. The van der Waals surface area contributed by atoms with E-state index in [1.807, 2.05) is 30.9 Å². The molecule has 0 bridgehead atoms. The number of benzene rings is 6. The molecule has 1 aliphatic heterocycles. The largest absolute Gasteiger partial charge is 4.00 e. The molecule has 268 valence electrons. The molecule has 0 unspecified atom stereocenters. The summed E-state index contributed by atoms with van der Waals surface area (Å²) >= 11 is 0. The number of para-hydroxylation sites is 3. The van der Waals surface area contributed by atoms with Gasteiger partial charge in [0.2, 0.25) is 0 Å². The van der Waals surface area contributed by atoms with E-state index in [0.29, 0.717) is 11.1 Å². The van der Waals surface area contributed by atoms with Gasteiger partial charge in [-0.3, -0.25) is 0 Å². The molecule has 54 heavy (non-hydrogen) atoms. The maximum absolute atomic E-state index is 8.88. The van der Waals surface area contributed by atoms with Crippen LogP contribution in [0, 0.1) is 69.8 Å². The molecule has 0 spiro atoms. The molecule has 0 saturated heterocycles. The molecular formula is C46H39N7Pt. The van der Waals surface area contributed by atoms with Crippen LogP contribution in [0.4, 0.5) is 28.4 Å². The van der Waals surface area contributed by atoms with Crippen LogP contribution in [0.2, 0.25) is 0 Å². The zero-order valence-corrected chi connectivity index (χ0v) is 33.3. The Morgan fingerprint density at radius 3 is 1.94 bits per heavy atom. The number of hydrogen-bond acceptors (Lipinski definition) is 6. The normalized spacial score (nSPS) is 11.6. The number of nitrogens with one attached hydrogen (secondary N) is 1. The summed E-state index contributed by atoms with van der Waals surface area (Å²) in [6, 6.07) is 44.5. The van der Waals surface area contributed by atoms with Crippen LogP contribution in [-0.2, 0) is 21.1 Å². The summed E-state index contributed by atoms with van der Waals surface area (Å²) in [7, 11) is 4.15. The molecule has 0 aliphatic carbocycles. The number of hydrogen-bond donors (Lipinski definition) is 1. The Kier molecular flexibility index (Phi) is 11.1. The van der Waals surface area contributed by atoms with Crippen LogP contribution < -0.4 is 25.0 Å². The number of aryl methyl sites for hydroxylation is 4. The predicted molar refractivity (Wildman–Crippen MR) is 218 cm³/mol. The van der Waals surface area contributed by atoms with Crippen LogP contribution in [-0.4, -0.2) is 14.1 Å². The van der Waals surface area contributed by atoms with Gasteiger partial charge in [0.15, 0.2) is 0 Å². The Morgan fingerprint density at radius 1 is 0.741 bits per heavy atom. The average molecular weight is 885 g/mol. The van der Waals surface area contributed by atoms with Crippen LogP contribution in [0.1, 0.15) is 33.4 Å². The molecule has 7 nitrogen and oxygen atoms in total. The van der Waals surface area contributed by atoms with Crippen LogP contribution in [0.5, 0.6) is 0 Å². The van der Waals surface area contributed by atoms with Crippen molar-refractivity contribution in [3.8, 4) is 23.3 Å². The monoisotopic (exact) mass is 884 g/mol. The van der Waals surface area contributed by atoms with Gasteiger partial charge in [0.25, 0.3) is 0 Å². The van der Waals surface area contributed by atoms with E-state index in [9.17, 15) is 0 Å². The van der Waals surface area contributed by atoms with Crippen molar-refractivity contribution in [2.75, 3.05) is 34.1 Å². The Balaban J connectivity index is 0.000000231. The fourth-order valence-electron chi connectivity index (χ4n) is 7.16. The second kappa shape index (κ2) is 15.9. The van der Waals surface area contributed by atoms with Crippen molar-refractivity contribution in [3.63, 3.8) is 0 Å². The van der Waals surface area contributed by atoms with Gasteiger partial charge in [0.05, 0.1) is 23.3 Å². The Morgan fingerprint density at radius 2 is 1.33 bits per heavy atom. The Hall–Kier alpha value is -6.01. The van der Waals surface area contributed by atoms with Crippen molar-refractivity contribution >= 4 is 50.2 Å². The molecule has 8 rings (SSSR count). The third kappa shape index (κ3) is 7.56. The zero-order valence-electron chi connectivity index (χ0n) is 31.0. The third-order valence-electron chi connectivity index (χ3n) is 9.58. The quantitative estimate of drug-likeness (QED) is 0.167. The van der Waals surface area contributed by atoms with Crippen molar-refractivity contribution in [1.29, 1.82) is 10.5 Å². The second-order valence-corrected chi connectivity index (χ2v) is 13.5. The van der Waals surface area contributed by atoms with E-state index in [2.05, 4.69) is 164 Å². The molecular weight excluding hydrogens is 846 g/mol. The molecule has 6 aromatic carbocycles. The number of fused-ring (bicyclic) bond motifs is 4. The van der Waals surface area contributed by atoms with Gasteiger partial charge in [-0.05, 0) is 117 Å². The topological polar surface area (TPSA) is 83.4 Å². The Labute approximate surface area is 332 Å². The number of anilines is 5. The van der Waals surface area contributed by atoms with Gasteiger partial charge in [0, 0.05) is 17.1 Å². The molecule has 0 saturated carbocycles. The molecule has 2 heterocycles. The minimum absolute atomic E-state index is 0. The summed E-state index contributed by atoms with van der Waals surface area (Å²) in [5.41, 5.74) is 15.8. The standard InChI is InChI=1S/C32H33N4.C14H6N3.Pt/c1-22-15-24(3)32(25(4)16-22)26-17-27(33-20-34(5)29-12-8-7-11-23(29)2)19-28(18-26)36-21-35(6)30-13-9-10-14-31(30)36;15-7-9-1-3-13-11(5-9)12-6-10(8-16)2-4-14(12)17-13;/h7-18,20-21,33H,1-6H3;1-6H;/q-3;-1;+4. The first kappa shape index (κ1) is 37.7. The Bertz CT molecular complexity index is 2480. The first-order chi connectivity index (χ1) is 25.6. The van der Waals surface area contributed by atoms with Gasteiger partial charge in [-0.1, -0.05) is 60.2 Å². The minimum atomic E-state index is 0. The average Bonchev–Trinajstić information content (AvgIpc) is 3.70. The summed E-state index contributed by atoms with van der Waals surface area (Å²) < 4.78 is 0. The van der Waals surface area contributed by atoms with Crippen LogP contribution >= 0.6 is 0 Å². The molecule has 0 radical (unpaired) electrons. The first-order valence-corrected chi connectivity index (χ1v) is 17.4. The van der Waals surface area contributed by atoms with E-state index in [0.717, 1.165) is 44.6 Å². The molecule has 1 N–H and O–H groups in total. The van der Waals surface area contributed by atoms with Gasteiger partial charge < -0.3 is 25.0 Å². The molecule has 7 aromatic rings. The number of rotatable bonds is 6. The van der Waals surface area contributed by atoms with E-state index in [1.54, 1.807) is 12.1 Å². The first-order valence-electron chi connectivity index (χ1n) is 17.4. The summed E-state index contributed by atoms with van der Waals surface area (Å²) in [5.74, 6) is 0. The van der Waals surface area contributed by atoms with E-state index in [-0.39, 0.29) is 21.1 Å². The SMILES string of the molecule is Cc1cc(C)c(-c2cc(N[CH-]N(C)c3ccccc3C)[c-]c(N3[CH-]N(C)c4ccccc43)c2)c(C)c1.N#Cc1ccc2[n-]c3ccc(C#N)cc3c2c1.[Pt+4]. The zero-order chi connectivity index (χ0) is 37.2. The van der Waals surface area contributed by atoms with Crippen molar-refractivity contribution < 1.29 is 21.1 Å². The van der Waals surface area contributed by atoms with Gasteiger partial charge in [0.1, 0.15) is 0 Å². The van der Waals surface area contributed by atoms with Crippen molar-refractivity contribution in [2.24, 2.45) is 0 Å². The van der Waals surface area contributed by atoms with E-state index in [4.69, 9.17) is 10.5 Å². The van der Waals surface area contributed by atoms with Crippen molar-refractivity contribution in [1.82, 2.24) is 4.98 Å². The summed E-state index contributed by atoms with van der Waals surface area (Å²) in [5, 5.41) is 23.1. The molecule has 0 atom stereocenters. The molecule has 1 aromatic heterocycles. The minimum Gasteiger partial charge on any atom is -0.657 e. The molecule has 8 heteroatoms. The van der Waals surface area contributed by atoms with E-state index in [1.165, 1.54) is 39.1 Å². The van der Waals surface area contributed by atoms with Gasteiger partial charge in [-0.25, -0.2) is 0 Å². The fourth-order valence-corrected chi connectivity index (χ4v) is 7.16. The van der Waals surface area contributed by atoms with Crippen LogP contribution in [0.15, 0.2) is 109 Å². The third-order valence-corrected chi connectivity index (χ3v) is 9.58. The summed E-state index contributed by atoms with van der Waals surface area (Å²) in [6.07, 6.45) is 0. The van der Waals surface area contributed by atoms with Crippen molar-refractivity contribution in [2.45, 2.75) is 27.7 Å². The summed E-state index contributed by atoms with van der Waals surface area (Å²) in [6.45, 7) is 12.8. The number of aromatic nitrogens is 1. The fraction of sp³-hybridized carbons (Fsp3) is 0.130. The van der Waals surface area contributed by atoms with Crippen molar-refractivity contribution in [3.05, 3.63) is 162 Å². The number of nitriles is 2. The van der Waals surface area contributed by atoms with Gasteiger partial charge >= 0.3 is 21.1 Å². The van der Waals surface area contributed by atoms with Gasteiger partial charge in [-0.15, -0.1) is 46.2 Å². The molecule has 1 aliphatic rings. The van der Waals surface area contributed by atoms with E-state index >= 15 is 0 Å². The van der Waals surface area contributed by atoms with Crippen LogP contribution in [0.3, 0.4) is 0 Å². The number of nitrogens with zero attached hydrogens (tertiary/aromatic N) is 6. The predicted octanol–water partition coefficient (Wildman–Crippen LogP) is 10.5. The molecule has 0 amide bonds. The van der Waals surface area contributed by atoms with Gasteiger partial charge in [-0.2, -0.15) is 23.9 Å². The van der Waals surface area contributed by atoms with E-state index < -0.39 is 0 Å². The summed E-state index contributed by atoms with van der Waals surface area (Å²) in [4.78, 5) is 10.9. The smallest absolute Gasteiger partial charge is 0.657 e.